The van der Waals surface area contributed by atoms with Crippen molar-refractivity contribution in [2.75, 3.05) is 0 Å². The molecular formula is C12H10BrN3O. The van der Waals surface area contributed by atoms with Crippen LogP contribution in [0.4, 0.5) is 0 Å². The molecule has 0 radical (unpaired) electrons. The zero-order chi connectivity index (χ0) is 12.1. The quantitative estimate of drug-likeness (QED) is 0.943. The van der Waals surface area contributed by atoms with Gasteiger partial charge < -0.3 is 5.32 Å². The number of hydrogen-bond acceptors (Lipinski definition) is 3. The van der Waals surface area contributed by atoms with E-state index in [-0.39, 0.29) is 5.91 Å². The second kappa shape index (κ2) is 5.54. The molecule has 5 heteroatoms. The number of carbonyl (C=O) groups excluding carboxylic acids is 1. The maximum absolute atomic E-state index is 11.7. The molecule has 0 fully saturated rings. The summed E-state index contributed by atoms with van der Waals surface area (Å²) in [5.74, 6) is -0.228. The molecule has 0 atom stereocenters. The van der Waals surface area contributed by atoms with Gasteiger partial charge in [-0.3, -0.25) is 4.79 Å². The summed E-state index contributed by atoms with van der Waals surface area (Å²) in [5.41, 5.74) is 1.36. The van der Waals surface area contributed by atoms with Crippen molar-refractivity contribution in [3.8, 4) is 0 Å². The first-order valence-corrected chi connectivity index (χ1v) is 5.86. The van der Waals surface area contributed by atoms with Crippen molar-refractivity contribution in [3.05, 3.63) is 58.3 Å². The highest BCUT2D eigenvalue weighted by Crippen LogP contribution is 2.04. The molecule has 0 aliphatic rings. The van der Waals surface area contributed by atoms with E-state index in [1.54, 1.807) is 12.1 Å². The van der Waals surface area contributed by atoms with Crippen LogP contribution in [0.15, 0.2) is 47.1 Å². The number of amides is 1. The first kappa shape index (κ1) is 11.7. The molecule has 1 N–H and O–H groups in total. The minimum Gasteiger partial charge on any atom is -0.347 e. The molecule has 1 amide bonds. The Bertz CT molecular complexity index is 499. The Morgan fingerprint density at radius 3 is 2.53 bits per heavy atom. The van der Waals surface area contributed by atoms with Crippen molar-refractivity contribution < 1.29 is 4.79 Å². The summed E-state index contributed by atoms with van der Waals surface area (Å²) in [6.07, 6.45) is 0. The van der Waals surface area contributed by atoms with Crippen LogP contribution in [0.2, 0.25) is 0 Å². The van der Waals surface area contributed by atoms with E-state index in [2.05, 4.69) is 31.4 Å². The number of nitrogens with one attached hydrogen (secondary N) is 1. The number of hydrogen-bond donors (Lipinski definition) is 1. The van der Waals surface area contributed by atoms with Crippen LogP contribution in [-0.4, -0.2) is 16.1 Å². The van der Waals surface area contributed by atoms with Gasteiger partial charge in [0.2, 0.25) is 0 Å². The smallest absolute Gasteiger partial charge is 0.272 e. The lowest BCUT2D eigenvalue weighted by atomic mass is 10.2. The number of rotatable bonds is 3. The first-order valence-electron chi connectivity index (χ1n) is 5.07. The summed E-state index contributed by atoms with van der Waals surface area (Å²) >= 11 is 3.16. The molecule has 1 aromatic carbocycles. The summed E-state index contributed by atoms with van der Waals surface area (Å²) in [5, 5.41) is 10.3. The summed E-state index contributed by atoms with van der Waals surface area (Å²) < 4.78 is 0.608. The van der Waals surface area contributed by atoms with Crippen LogP contribution in [0.5, 0.6) is 0 Å². The highest BCUT2D eigenvalue weighted by molar-refractivity contribution is 9.10. The SMILES string of the molecule is O=C(NCc1ccccc1)c1ccc(Br)nn1. The van der Waals surface area contributed by atoms with Crippen LogP contribution < -0.4 is 5.32 Å². The second-order valence-corrected chi connectivity index (χ2v) is 4.22. The van der Waals surface area contributed by atoms with E-state index in [1.165, 1.54) is 0 Å². The highest BCUT2D eigenvalue weighted by Gasteiger charge is 2.06. The summed E-state index contributed by atoms with van der Waals surface area (Å²) in [6, 6.07) is 13.0. The predicted octanol–water partition coefficient (Wildman–Crippen LogP) is 2.17. The normalized spacial score (nSPS) is 9.94. The van der Waals surface area contributed by atoms with Crippen LogP contribution >= 0.6 is 15.9 Å². The minimum atomic E-state index is -0.228. The number of nitrogens with zero attached hydrogens (tertiary/aromatic N) is 2. The van der Waals surface area contributed by atoms with Gasteiger partial charge in [-0.15, -0.1) is 10.2 Å². The lowest BCUT2D eigenvalue weighted by Crippen LogP contribution is -2.24. The Kier molecular flexibility index (Phi) is 3.82. The Morgan fingerprint density at radius 2 is 1.88 bits per heavy atom. The molecule has 0 aliphatic carbocycles. The van der Waals surface area contributed by atoms with E-state index < -0.39 is 0 Å². The van der Waals surface area contributed by atoms with Gasteiger partial charge in [0, 0.05) is 6.54 Å². The lowest BCUT2D eigenvalue weighted by molar-refractivity contribution is 0.0945. The number of carbonyl (C=O) groups is 1. The molecule has 0 aliphatic heterocycles. The average Bonchev–Trinajstić information content (AvgIpc) is 2.38. The summed E-state index contributed by atoms with van der Waals surface area (Å²) in [4.78, 5) is 11.7. The van der Waals surface area contributed by atoms with Crippen LogP contribution in [0.25, 0.3) is 0 Å². The van der Waals surface area contributed by atoms with E-state index in [0.717, 1.165) is 5.56 Å². The third-order valence-electron chi connectivity index (χ3n) is 2.16. The monoisotopic (exact) mass is 291 g/mol. The Balaban J connectivity index is 1.96. The van der Waals surface area contributed by atoms with E-state index in [0.29, 0.717) is 16.8 Å². The first-order chi connectivity index (χ1) is 8.25. The molecule has 4 nitrogen and oxygen atoms in total. The molecule has 0 bridgehead atoms. The number of benzene rings is 1. The molecule has 1 aromatic heterocycles. The van der Waals surface area contributed by atoms with Gasteiger partial charge in [-0.05, 0) is 33.6 Å². The number of aromatic nitrogens is 2. The van der Waals surface area contributed by atoms with Gasteiger partial charge in [0.15, 0.2) is 5.69 Å². The van der Waals surface area contributed by atoms with Crippen molar-refractivity contribution in [1.29, 1.82) is 0 Å². The third kappa shape index (κ3) is 3.35. The van der Waals surface area contributed by atoms with E-state index in [9.17, 15) is 4.79 Å². The maximum Gasteiger partial charge on any atom is 0.272 e. The minimum absolute atomic E-state index is 0.228. The van der Waals surface area contributed by atoms with E-state index >= 15 is 0 Å². The average molecular weight is 292 g/mol. The van der Waals surface area contributed by atoms with Gasteiger partial charge in [0.05, 0.1) is 0 Å². The molecule has 86 valence electrons. The van der Waals surface area contributed by atoms with Crippen molar-refractivity contribution in [3.63, 3.8) is 0 Å². The molecule has 0 saturated heterocycles. The van der Waals surface area contributed by atoms with Gasteiger partial charge >= 0.3 is 0 Å². The zero-order valence-electron chi connectivity index (χ0n) is 8.93. The fourth-order valence-electron chi connectivity index (χ4n) is 1.31. The Morgan fingerprint density at radius 1 is 1.12 bits per heavy atom. The maximum atomic E-state index is 11.7. The van der Waals surface area contributed by atoms with Crippen LogP contribution in [0, 0.1) is 0 Å². The summed E-state index contributed by atoms with van der Waals surface area (Å²) in [6.45, 7) is 0.484. The van der Waals surface area contributed by atoms with Crippen molar-refractivity contribution in [2.45, 2.75) is 6.54 Å². The van der Waals surface area contributed by atoms with Crippen LogP contribution in [-0.2, 0) is 6.54 Å². The molecule has 2 aromatic rings. The molecule has 17 heavy (non-hydrogen) atoms. The largest absolute Gasteiger partial charge is 0.347 e. The highest BCUT2D eigenvalue weighted by atomic mass is 79.9. The standard InChI is InChI=1S/C12H10BrN3O/c13-11-7-6-10(15-16-11)12(17)14-8-9-4-2-1-3-5-9/h1-7H,8H2,(H,14,17). The van der Waals surface area contributed by atoms with Crippen molar-refractivity contribution in [1.82, 2.24) is 15.5 Å². The van der Waals surface area contributed by atoms with Gasteiger partial charge in [0.25, 0.3) is 5.91 Å². The Hall–Kier alpha value is -1.75. The van der Waals surface area contributed by atoms with Gasteiger partial charge in [-0.1, -0.05) is 30.3 Å². The van der Waals surface area contributed by atoms with Crippen molar-refractivity contribution in [2.24, 2.45) is 0 Å². The molecule has 1 heterocycles. The van der Waals surface area contributed by atoms with Crippen molar-refractivity contribution >= 4 is 21.8 Å². The third-order valence-corrected chi connectivity index (χ3v) is 2.58. The second-order valence-electron chi connectivity index (χ2n) is 3.41. The molecule has 0 spiro atoms. The van der Waals surface area contributed by atoms with Gasteiger partial charge in [-0.2, -0.15) is 0 Å². The topological polar surface area (TPSA) is 54.9 Å². The van der Waals surface area contributed by atoms with E-state index in [4.69, 9.17) is 0 Å². The Labute approximate surface area is 107 Å². The molecular weight excluding hydrogens is 282 g/mol. The van der Waals surface area contributed by atoms with Crippen LogP contribution in [0.1, 0.15) is 16.1 Å². The lowest BCUT2D eigenvalue weighted by Gasteiger charge is -2.03. The van der Waals surface area contributed by atoms with Gasteiger partial charge in [-0.25, -0.2) is 0 Å². The molecule has 2 rings (SSSR count). The van der Waals surface area contributed by atoms with E-state index in [1.807, 2.05) is 30.3 Å². The van der Waals surface area contributed by atoms with Gasteiger partial charge in [0.1, 0.15) is 4.60 Å². The van der Waals surface area contributed by atoms with Crippen LogP contribution in [0.3, 0.4) is 0 Å². The zero-order valence-corrected chi connectivity index (χ0v) is 10.5. The summed E-state index contributed by atoms with van der Waals surface area (Å²) in [7, 11) is 0. The number of halogens is 1. The fourth-order valence-corrected chi connectivity index (χ4v) is 1.52. The fraction of sp³-hybridized carbons (Fsp3) is 0.0833. The molecule has 0 unspecified atom stereocenters. The predicted molar refractivity (Wildman–Crippen MR) is 67.3 cm³/mol. The molecule has 0 saturated carbocycles.